The molecule has 1 aromatic carbocycles. The quantitative estimate of drug-likeness (QED) is 0.776. The third-order valence-electron chi connectivity index (χ3n) is 2.06. The molecule has 1 heterocycles. The summed E-state index contributed by atoms with van der Waals surface area (Å²) in [5.41, 5.74) is 1.10. The summed E-state index contributed by atoms with van der Waals surface area (Å²) in [7, 11) is -3.47. The zero-order valence-electron chi connectivity index (χ0n) is 7.51. The van der Waals surface area contributed by atoms with Crippen molar-refractivity contribution >= 4 is 10.3 Å². The highest BCUT2D eigenvalue weighted by atomic mass is 32.2. The average molecular weight is 213 g/mol. The maximum atomic E-state index is 10.9. The zero-order chi connectivity index (χ0) is 10.0. The van der Waals surface area contributed by atoms with Crippen LogP contribution in [0.25, 0.3) is 0 Å². The number of benzene rings is 1. The molecule has 1 aliphatic heterocycles. The Bertz CT molecular complexity index is 401. The molecule has 0 unspecified atom stereocenters. The minimum Gasteiger partial charge on any atom is -0.256 e. The number of hydrogen-bond donors (Lipinski definition) is 1. The van der Waals surface area contributed by atoms with E-state index >= 15 is 0 Å². The third-order valence-corrected chi connectivity index (χ3v) is 3.13. The molecule has 1 atom stereocenters. The highest BCUT2D eigenvalue weighted by Crippen LogP contribution is 2.10. The number of nitrogens with one attached hydrogen (secondary N) is 1. The van der Waals surface area contributed by atoms with Gasteiger partial charge in [0, 0.05) is 0 Å². The molecule has 0 aromatic heterocycles. The molecular weight excluding hydrogens is 202 g/mol. The van der Waals surface area contributed by atoms with Crippen molar-refractivity contribution in [3.8, 4) is 0 Å². The normalized spacial score (nSPS) is 25.0. The van der Waals surface area contributed by atoms with Gasteiger partial charge in [-0.15, -0.1) is 0 Å². The van der Waals surface area contributed by atoms with Crippen LogP contribution in [0.4, 0.5) is 0 Å². The molecule has 0 saturated carbocycles. The summed E-state index contributed by atoms with van der Waals surface area (Å²) >= 11 is 0. The van der Waals surface area contributed by atoms with Crippen molar-refractivity contribution in [2.45, 2.75) is 12.5 Å². The first-order chi connectivity index (χ1) is 6.66. The number of rotatable bonds is 2. The highest BCUT2D eigenvalue weighted by Gasteiger charge is 2.27. The van der Waals surface area contributed by atoms with Crippen molar-refractivity contribution in [2.75, 3.05) is 6.61 Å². The highest BCUT2D eigenvalue weighted by molar-refractivity contribution is 7.85. The lowest BCUT2D eigenvalue weighted by Gasteiger charge is -2.05. The minimum absolute atomic E-state index is 0.137. The van der Waals surface area contributed by atoms with Gasteiger partial charge in [-0.25, -0.2) is 0 Å². The summed E-state index contributed by atoms with van der Waals surface area (Å²) in [6, 6.07) is 9.58. The predicted octanol–water partition coefficient (Wildman–Crippen LogP) is 0.462. The number of hydrogen-bond acceptors (Lipinski definition) is 3. The molecule has 5 heteroatoms. The minimum atomic E-state index is -3.47. The topological polar surface area (TPSA) is 55.4 Å². The van der Waals surface area contributed by atoms with Gasteiger partial charge in [-0.05, 0) is 12.0 Å². The fourth-order valence-corrected chi connectivity index (χ4v) is 2.41. The van der Waals surface area contributed by atoms with Crippen LogP contribution in [0.1, 0.15) is 5.56 Å². The smallest absolute Gasteiger partial charge is 0.256 e. The zero-order valence-corrected chi connectivity index (χ0v) is 8.33. The van der Waals surface area contributed by atoms with Crippen LogP contribution in [0.3, 0.4) is 0 Å². The lowest BCUT2D eigenvalue weighted by molar-refractivity contribution is 0.335. The van der Waals surface area contributed by atoms with Crippen molar-refractivity contribution < 1.29 is 12.6 Å². The van der Waals surface area contributed by atoms with E-state index < -0.39 is 10.3 Å². The first-order valence-electron chi connectivity index (χ1n) is 4.36. The van der Waals surface area contributed by atoms with E-state index in [1.807, 2.05) is 30.3 Å². The SMILES string of the molecule is O=S1(=O)N[C@H](Cc2ccccc2)CO1. The summed E-state index contributed by atoms with van der Waals surface area (Å²) < 4.78 is 28.8. The van der Waals surface area contributed by atoms with E-state index in [1.165, 1.54) is 0 Å². The van der Waals surface area contributed by atoms with Gasteiger partial charge in [0.15, 0.2) is 0 Å². The molecule has 0 aliphatic carbocycles. The standard InChI is InChI=1S/C9H11NO3S/c11-14(12)10-9(7-13-14)6-8-4-2-1-3-5-8/h1-5,9-10H,6-7H2/t9-/m1/s1. The Hall–Kier alpha value is -0.910. The summed E-state index contributed by atoms with van der Waals surface area (Å²) in [6.45, 7) is 0.219. The van der Waals surface area contributed by atoms with Crippen LogP contribution < -0.4 is 4.72 Å². The lowest BCUT2D eigenvalue weighted by atomic mass is 10.1. The van der Waals surface area contributed by atoms with Crippen molar-refractivity contribution in [3.63, 3.8) is 0 Å². The van der Waals surface area contributed by atoms with Gasteiger partial charge in [-0.3, -0.25) is 4.18 Å². The molecular formula is C9H11NO3S. The fourth-order valence-electron chi connectivity index (χ4n) is 1.44. The molecule has 4 nitrogen and oxygen atoms in total. The molecule has 1 aromatic rings. The molecule has 0 radical (unpaired) electrons. The molecule has 0 amide bonds. The predicted molar refractivity (Wildman–Crippen MR) is 51.9 cm³/mol. The van der Waals surface area contributed by atoms with E-state index in [-0.39, 0.29) is 12.6 Å². The van der Waals surface area contributed by atoms with Gasteiger partial charge in [0.05, 0.1) is 12.6 Å². The third kappa shape index (κ3) is 2.31. The van der Waals surface area contributed by atoms with Crippen molar-refractivity contribution in [2.24, 2.45) is 0 Å². The van der Waals surface area contributed by atoms with Gasteiger partial charge in [0.1, 0.15) is 0 Å². The Morgan fingerprint density at radius 1 is 1.36 bits per heavy atom. The second kappa shape index (κ2) is 3.68. The molecule has 1 saturated heterocycles. The summed E-state index contributed by atoms with van der Waals surface area (Å²) in [4.78, 5) is 0. The van der Waals surface area contributed by atoms with Crippen LogP contribution in [-0.2, 0) is 20.9 Å². The summed E-state index contributed by atoms with van der Waals surface area (Å²) in [6.07, 6.45) is 0.667. The largest absolute Gasteiger partial charge is 0.336 e. The first-order valence-corrected chi connectivity index (χ1v) is 5.77. The van der Waals surface area contributed by atoms with Crippen LogP contribution in [0.5, 0.6) is 0 Å². The molecule has 0 bridgehead atoms. The van der Waals surface area contributed by atoms with Gasteiger partial charge < -0.3 is 0 Å². The average Bonchev–Trinajstić information content (AvgIpc) is 2.47. The molecule has 2 rings (SSSR count). The van der Waals surface area contributed by atoms with Crippen LogP contribution in [-0.4, -0.2) is 21.1 Å². The maximum absolute atomic E-state index is 10.9. The van der Waals surface area contributed by atoms with Crippen LogP contribution >= 0.6 is 0 Å². The van der Waals surface area contributed by atoms with E-state index in [9.17, 15) is 8.42 Å². The van der Waals surface area contributed by atoms with E-state index in [1.54, 1.807) is 0 Å². The van der Waals surface area contributed by atoms with Crippen LogP contribution in [0.15, 0.2) is 30.3 Å². The molecule has 14 heavy (non-hydrogen) atoms. The summed E-state index contributed by atoms with van der Waals surface area (Å²) in [5.74, 6) is 0. The van der Waals surface area contributed by atoms with Gasteiger partial charge in [0.25, 0.3) is 0 Å². The van der Waals surface area contributed by atoms with E-state index in [4.69, 9.17) is 0 Å². The van der Waals surface area contributed by atoms with Gasteiger partial charge >= 0.3 is 10.3 Å². The second-order valence-corrected chi connectivity index (χ2v) is 4.62. The second-order valence-electron chi connectivity index (χ2n) is 3.24. The Balaban J connectivity index is 2.01. The van der Waals surface area contributed by atoms with Crippen molar-refractivity contribution in [3.05, 3.63) is 35.9 Å². The van der Waals surface area contributed by atoms with Crippen LogP contribution in [0.2, 0.25) is 0 Å². The molecule has 1 aliphatic rings. The monoisotopic (exact) mass is 213 g/mol. The van der Waals surface area contributed by atoms with E-state index in [0.29, 0.717) is 6.42 Å². The molecule has 1 N–H and O–H groups in total. The van der Waals surface area contributed by atoms with Gasteiger partial charge in [-0.2, -0.15) is 13.1 Å². The maximum Gasteiger partial charge on any atom is 0.336 e. The van der Waals surface area contributed by atoms with Crippen molar-refractivity contribution in [1.82, 2.24) is 4.72 Å². The van der Waals surface area contributed by atoms with Crippen molar-refractivity contribution in [1.29, 1.82) is 0 Å². The Morgan fingerprint density at radius 2 is 2.07 bits per heavy atom. The molecule has 1 fully saturated rings. The van der Waals surface area contributed by atoms with E-state index in [0.717, 1.165) is 5.56 Å². The lowest BCUT2D eigenvalue weighted by Crippen LogP contribution is -2.28. The van der Waals surface area contributed by atoms with Gasteiger partial charge in [-0.1, -0.05) is 30.3 Å². The van der Waals surface area contributed by atoms with Crippen LogP contribution in [0, 0.1) is 0 Å². The first kappa shape index (κ1) is 9.64. The van der Waals surface area contributed by atoms with Gasteiger partial charge in [0.2, 0.25) is 0 Å². The Morgan fingerprint density at radius 3 is 2.64 bits per heavy atom. The summed E-state index contributed by atoms with van der Waals surface area (Å²) in [5, 5.41) is 0. The fraction of sp³-hybridized carbons (Fsp3) is 0.333. The van der Waals surface area contributed by atoms with E-state index in [2.05, 4.69) is 8.91 Å². The Kier molecular flexibility index (Phi) is 2.54. The molecule has 76 valence electrons. The Labute approximate surface area is 83.2 Å². The molecule has 0 spiro atoms.